The summed E-state index contributed by atoms with van der Waals surface area (Å²) < 4.78 is 2.86. The van der Waals surface area contributed by atoms with Gasteiger partial charge in [0, 0.05) is 22.2 Å². The number of hydrogen-bond donors (Lipinski definition) is 0. The highest BCUT2D eigenvalue weighted by Gasteiger charge is 2.46. The first-order chi connectivity index (χ1) is 17.4. The van der Waals surface area contributed by atoms with Crippen molar-refractivity contribution in [1.82, 2.24) is 14.7 Å². The Labute approximate surface area is 213 Å². The van der Waals surface area contributed by atoms with Crippen LogP contribution in [0, 0.1) is 6.92 Å². The van der Waals surface area contributed by atoms with Crippen molar-refractivity contribution in [1.29, 1.82) is 0 Å². The van der Waals surface area contributed by atoms with E-state index < -0.39 is 17.7 Å². The molecule has 0 spiro atoms. The second kappa shape index (κ2) is 9.43. The van der Waals surface area contributed by atoms with Gasteiger partial charge in [-0.25, -0.2) is 4.68 Å². The van der Waals surface area contributed by atoms with E-state index in [1.165, 1.54) is 9.58 Å². The summed E-state index contributed by atoms with van der Waals surface area (Å²) in [4.78, 5) is 28.8. The fraction of sp³-hybridized carbons (Fsp3) is 0.143. The zero-order chi connectivity index (χ0) is 25.4. The van der Waals surface area contributed by atoms with E-state index in [9.17, 15) is 14.7 Å². The Balaban J connectivity index is 1.72. The molecule has 2 aromatic carbocycles. The Kier molecular flexibility index (Phi) is 6.16. The molecular formula is C28H23ClN4O3. The third-order valence-electron chi connectivity index (χ3n) is 6.09. The summed E-state index contributed by atoms with van der Waals surface area (Å²) in [6, 6.07) is 19.8. The fourth-order valence-electron chi connectivity index (χ4n) is 4.40. The van der Waals surface area contributed by atoms with Crippen molar-refractivity contribution >= 4 is 34.7 Å². The molecule has 0 bridgehead atoms. The van der Waals surface area contributed by atoms with Crippen LogP contribution in [0.15, 0.2) is 79.1 Å². The largest absolute Gasteiger partial charge is 0.858 e. The van der Waals surface area contributed by atoms with E-state index in [1.807, 2.05) is 50.2 Å². The zero-order valence-electron chi connectivity index (χ0n) is 19.8. The van der Waals surface area contributed by atoms with Crippen LogP contribution < -0.4 is 9.67 Å². The van der Waals surface area contributed by atoms with Crippen LogP contribution in [0.4, 0.5) is 0 Å². The third kappa shape index (κ3) is 4.07. The van der Waals surface area contributed by atoms with Crippen molar-refractivity contribution < 1.29 is 19.3 Å². The van der Waals surface area contributed by atoms with Crippen LogP contribution >= 0.6 is 11.6 Å². The number of rotatable bonds is 6. The standard InChI is InChI=1S/C28H23ClN4O3/c1-3-22-23(27(35)33(30-22)21-13-7-12-20(29)15-21)24-25(31-14-8-9-18(2)16-31)28(36)32(26(24)34)17-19-10-5-4-6-11-19/h4-16H,3,17H2,1-2H3. The molecule has 5 rings (SSSR count). The van der Waals surface area contributed by atoms with Crippen molar-refractivity contribution in [2.24, 2.45) is 0 Å². The van der Waals surface area contributed by atoms with Gasteiger partial charge in [0.15, 0.2) is 12.4 Å². The molecule has 1 aliphatic rings. The first-order valence-corrected chi connectivity index (χ1v) is 11.9. The number of aryl methyl sites for hydroxylation is 2. The summed E-state index contributed by atoms with van der Waals surface area (Å²) in [5.41, 5.74) is 2.95. The van der Waals surface area contributed by atoms with Crippen LogP contribution in [-0.2, 0) is 22.6 Å². The van der Waals surface area contributed by atoms with Gasteiger partial charge in [0.1, 0.15) is 5.57 Å². The van der Waals surface area contributed by atoms with Gasteiger partial charge in [-0.3, -0.25) is 14.5 Å². The molecule has 0 N–H and O–H groups in total. The number of halogens is 1. The average Bonchev–Trinajstić information content (AvgIpc) is 3.32. The maximum absolute atomic E-state index is 13.8. The molecule has 4 aromatic rings. The minimum atomic E-state index is -0.523. The van der Waals surface area contributed by atoms with Gasteiger partial charge in [-0.15, -0.1) is 0 Å². The van der Waals surface area contributed by atoms with E-state index in [0.29, 0.717) is 22.8 Å². The molecule has 0 atom stereocenters. The summed E-state index contributed by atoms with van der Waals surface area (Å²) in [7, 11) is 0. The van der Waals surface area contributed by atoms with E-state index in [-0.39, 0.29) is 23.4 Å². The number of imide groups is 1. The quantitative estimate of drug-likeness (QED) is 0.300. The number of hydrogen-bond acceptors (Lipinski definition) is 4. The van der Waals surface area contributed by atoms with Gasteiger partial charge in [0.2, 0.25) is 0 Å². The minimum Gasteiger partial charge on any atom is -0.858 e. The molecule has 2 amide bonds. The molecule has 1 aliphatic heterocycles. The highest BCUT2D eigenvalue weighted by atomic mass is 35.5. The van der Waals surface area contributed by atoms with E-state index in [4.69, 9.17) is 11.6 Å². The summed E-state index contributed by atoms with van der Waals surface area (Å²) in [6.45, 7) is 3.85. The van der Waals surface area contributed by atoms with E-state index in [1.54, 1.807) is 47.3 Å². The van der Waals surface area contributed by atoms with Crippen molar-refractivity contribution in [3.63, 3.8) is 0 Å². The monoisotopic (exact) mass is 498 g/mol. The summed E-state index contributed by atoms with van der Waals surface area (Å²) >= 11 is 6.15. The highest BCUT2D eigenvalue weighted by Crippen LogP contribution is 2.37. The van der Waals surface area contributed by atoms with Gasteiger partial charge in [0.25, 0.3) is 11.6 Å². The van der Waals surface area contributed by atoms with Gasteiger partial charge in [-0.1, -0.05) is 54.9 Å². The Bertz CT molecular complexity index is 1530. The Morgan fingerprint density at radius 2 is 1.78 bits per heavy atom. The maximum atomic E-state index is 13.8. The molecule has 0 fully saturated rings. The Hall–Kier alpha value is -4.23. The molecule has 0 saturated heterocycles. The molecule has 3 heterocycles. The molecule has 36 heavy (non-hydrogen) atoms. The van der Waals surface area contributed by atoms with Gasteiger partial charge in [-0.05, 0) is 49.1 Å². The third-order valence-corrected chi connectivity index (χ3v) is 6.32. The molecule has 180 valence electrons. The van der Waals surface area contributed by atoms with Gasteiger partial charge < -0.3 is 5.11 Å². The molecule has 0 saturated carbocycles. The average molecular weight is 499 g/mol. The number of carbonyl (C=O) groups excluding carboxylic acids is 2. The second-order valence-electron chi connectivity index (χ2n) is 8.57. The number of aromatic nitrogens is 3. The first kappa shape index (κ1) is 23.5. The molecule has 0 aliphatic carbocycles. The lowest BCUT2D eigenvalue weighted by atomic mass is 10.0. The predicted molar refractivity (Wildman–Crippen MR) is 134 cm³/mol. The molecular weight excluding hydrogens is 476 g/mol. The van der Waals surface area contributed by atoms with Crippen LogP contribution in [0.1, 0.15) is 29.3 Å². The van der Waals surface area contributed by atoms with Gasteiger partial charge in [0.05, 0.1) is 17.9 Å². The zero-order valence-corrected chi connectivity index (χ0v) is 20.6. The summed E-state index contributed by atoms with van der Waals surface area (Å²) in [5, 5.41) is 18.7. The lowest BCUT2D eigenvalue weighted by Gasteiger charge is -2.15. The summed E-state index contributed by atoms with van der Waals surface area (Å²) in [6.07, 6.45) is 3.87. The van der Waals surface area contributed by atoms with E-state index in [2.05, 4.69) is 5.10 Å². The highest BCUT2D eigenvalue weighted by molar-refractivity contribution is 6.44. The lowest BCUT2D eigenvalue weighted by Crippen LogP contribution is -2.39. The molecule has 0 unspecified atom stereocenters. The molecule has 2 aromatic heterocycles. The smallest absolute Gasteiger partial charge is 0.327 e. The molecule has 0 radical (unpaired) electrons. The fourth-order valence-corrected chi connectivity index (χ4v) is 4.58. The van der Waals surface area contributed by atoms with Crippen LogP contribution in [0.25, 0.3) is 17.0 Å². The van der Waals surface area contributed by atoms with Crippen molar-refractivity contribution in [2.45, 2.75) is 26.8 Å². The SMILES string of the molecule is CCc1nn(-c2cccc(Cl)c2)c([O-])c1C1=C([n+]2cccc(C)c2)C(=O)N(Cc2ccccc2)C1=O. The number of benzene rings is 2. The molecule has 7 nitrogen and oxygen atoms in total. The topological polar surface area (TPSA) is 82.1 Å². The number of pyridine rings is 1. The molecule has 8 heteroatoms. The van der Waals surface area contributed by atoms with Crippen molar-refractivity contribution in [3.8, 4) is 11.6 Å². The Morgan fingerprint density at radius 1 is 1.00 bits per heavy atom. The Morgan fingerprint density at radius 3 is 2.47 bits per heavy atom. The van der Waals surface area contributed by atoms with Gasteiger partial charge in [-0.2, -0.15) is 9.67 Å². The second-order valence-corrected chi connectivity index (χ2v) is 9.00. The van der Waals surface area contributed by atoms with Crippen LogP contribution in [0.3, 0.4) is 0 Å². The predicted octanol–water partition coefficient (Wildman–Crippen LogP) is 3.69. The first-order valence-electron chi connectivity index (χ1n) is 11.6. The van der Waals surface area contributed by atoms with E-state index in [0.717, 1.165) is 11.1 Å². The summed E-state index contributed by atoms with van der Waals surface area (Å²) in [5.74, 6) is -1.46. The van der Waals surface area contributed by atoms with Crippen molar-refractivity contribution in [2.75, 3.05) is 0 Å². The van der Waals surface area contributed by atoms with E-state index >= 15 is 0 Å². The maximum Gasteiger partial charge on any atom is 0.327 e. The van der Waals surface area contributed by atoms with Crippen molar-refractivity contribution in [3.05, 3.63) is 107 Å². The van der Waals surface area contributed by atoms with Crippen LogP contribution in [0.5, 0.6) is 5.88 Å². The normalized spacial score (nSPS) is 13.7. The minimum absolute atomic E-state index is 0.0571. The number of nitrogens with zero attached hydrogens (tertiary/aromatic N) is 4. The van der Waals surface area contributed by atoms with Crippen LogP contribution in [-0.4, -0.2) is 26.5 Å². The van der Waals surface area contributed by atoms with Crippen LogP contribution in [0.2, 0.25) is 5.02 Å². The van der Waals surface area contributed by atoms with Gasteiger partial charge >= 0.3 is 5.91 Å². The lowest BCUT2D eigenvalue weighted by molar-refractivity contribution is -0.577. The number of amides is 2. The number of carbonyl (C=O) groups is 2.